The Morgan fingerprint density at radius 1 is 1.05 bits per heavy atom. The van der Waals surface area contributed by atoms with Crippen molar-refractivity contribution < 1.29 is 9.59 Å². The third-order valence-corrected chi connectivity index (χ3v) is 7.80. The van der Waals surface area contributed by atoms with E-state index in [2.05, 4.69) is 46.3 Å². The highest BCUT2D eigenvalue weighted by Crippen LogP contribution is 2.37. The van der Waals surface area contributed by atoms with Crippen LogP contribution in [0, 0.1) is 12.8 Å². The van der Waals surface area contributed by atoms with Crippen LogP contribution in [0.4, 0.5) is 16.3 Å². The van der Waals surface area contributed by atoms with Gasteiger partial charge in [0.05, 0.1) is 17.3 Å². The summed E-state index contributed by atoms with van der Waals surface area (Å²) < 4.78 is 5.66. The molecule has 40 heavy (non-hydrogen) atoms. The van der Waals surface area contributed by atoms with Crippen molar-refractivity contribution in [2.45, 2.75) is 51.9 Å². The summed E-state index contributed by atoms with van der Waals surface area (Å²) >= 11 is 1.16. The summed E-state index contributed by atoms with van der Waals surface area (Å²) in [6.45, 7) is 9.99. The first-order valence-corrected chi connectivity index (χ1v) is 14.4. The second kappa shape index (κ2) is 11.7. The molecule has 2 amide bonds. The van der Waals surface area contributed by atoms with Crippen LogP contribution >= 0.6 is 11.5 Å². The minimum absolute atomic E-state index is 0.0671. The Morgan fingerprint density at radius 3 is 2.45 bits per heavy atom. The Hall–Kier alpha value is -3.89. The zero-order chi connectivity index (χ0) is 28.3. The largest absolute Gasteiger partial charge is 0.324 e. The number of Topliss-reactive ketones (excluding diaryl/α,β-unsaturated/α-hetero) is 1. The second-order valence-corrected chi connectivity index (χ2v) is 11.9. The molecule has 208 valence electrons. The third kappa shape index (κ3) is 6.13. The minimum atomic E-state index is -0.437. The Morgan fingerprint density at radius 2 is 1.77 bits per heavy atom. The maximum Gasteiger partial charge on any atom is 0.324 e. The number of para-hydroxylation sites is 1. The number of urea groups is 1. The van der Waals surface area contributed by atoms with Crippen molar-refractivity contribution in [3.8, 4) is 5.69 Å². The Kier molecular flexibility index (Phi) is 8.09. The molecule has 0 bridgehead atoms. The minimum Gasteiger partial charge on any atom is -0.317 e. The fourth-order valence-electron chi connectivity index (χ4n) is 5.09. The smallest absolute Gasteiger partial charge is 0.317 e. The Labute approximate surface area is 238 Å². The highest BCUT2D eigenvalue weighted by atomic mass is 32.1. The molecule has 10 heteroatoms. The van der Waals surface area contributed by atoms with Gasteiger partial charge in [-0.25, -0.2) is 9.48 Å². The van der Waals surface area contributed by atoms with Gasteiger partial charge in [0.15, 0.2) is 5.78 Å². The van der Waals surface area contributed by atoms with Crippen LogP contribution in [0.15, 0.2) is 60.0 Å². The number of carbonyl (C=O) groups excluding carboxylic acids is 2. The average molecular weight is 558 g/mol. The molecule has 1 saturated heterocycles. The normalized spacial score (nSPS) is 15.0. The molecule has 0 radical (unpaired) electrons. The predicted octanol–water partition coefficient (Wildman–Crippen LogP) is 5.94. The third-order valence-electron chi connectivity index (χ3n) is 7.29. The van der Waals surface area contributed by atoms with Crippen molar-refractivity contribution in [1.29, 1.82) is 0 Å². The summed E-state index contributed by atoms with van der Waals surface area (Å²) in [4.78, 5) is 27.1. The molecule has 2 aromatic heterocycles. The van der Waals surface area contributed by atoms with Gasteiger partial charge in [0.25, 0.3) is 0 Å². The first kappa shape index (κ1) is 27.7. The van der Waals surface area contributed by atoms with E-state index in [0.29, 0.717) is 17.2 Å². The summed E-state index contributed by atoms with van der Waals surface area (Å²) in [5, 5.41) is 20.0. The molecular formula is C30H35N7O2S. The molecule has 0 aliphatic carbocycles. The molecule has 1 unspecified atom stereocenters. The van der Waals surface area contributed by atoms with Gasteiger partial charge < -0.3 is 10.6 Å². The van der Waals surface area contributed by atoms with E-state index in [-0.39, 0.29) is 17.1 Å². The van der Waals surface area contributed by atoms with Gasteiger partial charge in [0.2, 0.25) is 0 Å². The molecule has 0 saturated carbocycles. The van der Waals surface area contributed by atoms with Gasteiger partial charge in [-0.2, -0.15) is 5.10 Å². The maximum absolute atomic E-state index is 13.7. The molecule has 1 aliphatic heterocycles. The number of hydrogen-bond acceptors (Lipinski definition) is 7. The number of aromatic nitrogens is 4. The SMILES string of the molecule is Cc1ccc(-n2nc(C(C)(C)C)cc2NC(=O)Nc2ccccc2C(C(=O)c2csnn2)C2CCNCC2)cc1. The number of benzene rings is 2. The summed E-state index contributed by atoms with van der Waals surface area (Å²) in [7, 11) is 0. The van der Waals surface area contributed by atoms with E-state index < -0.39 is 11.9 Å². The molecular weight excluding hydrogens is 522 g/mol. The van der Waals surface area contributed by atoms with Crippen LogP contribution in [0.25, 0.3) is 5.69 Å². The molecule has 3 N–H and O–H groups in total. The molecule has 2 aromatic carbocycles. The van der Waals surface area contributed by atoms with E-state index >= 15 is 0 Å². The summed E-state index contributed by atoms with van der Waals surface area (Å²) in [6.07, 6.45) is 1.72. The van der Waals surface area contributed by atoms with Gasteiger partial charge in [0.1, 0.15) is 11.5 Å². The van der Waals surface area contributed by atoms with Crippen LogP contribution in [-0.4, -0.2) is 44.3 Å². The zero-order valence-electron chi connectivity index (χ0n) is 23.3. The van der Waals surface area contributed by atoms with Gasteiger partial charge in [-0.05, 0) is 74.1 Å². The van der Waals surface area contributed by atoms with Gasteiger partial charge >= 0.3 is 6.03 Å². The van der Waals surface area contributed by atoms with Crippen molar-refractivity contribution in [2.75, 3.05) is 23.7 Å². The first-order chi connectivity index (χ1) is 19.2. The van der Waals surface area contributed by atoms with Crippen LogP contribution in [0.3, 0.4) is 0 Å². The van der Waals surface area contributed by atoms with Gasteiger partial charge in [-0.15, -0.1) is 5.10 Å². The fraction of sp³-hybridized carbons (Fsp3) is 0.367. The topological polar surface area (TPSA) is 114 Å². The average Bonchev–Trinajstić information content (AvgIpc) is 3.62. The number of anilines is 2. The molecule has 4 aromatic rings. The highest BCUT2D eigenvalue weighted by Gasteiger charge is 2.34. The lowest BCUT2D eigenvalue weighted by Gasteiger charge is -2.31. The first-order valence-electron chi connectivity index (χ1n) is 13.6. The number of amides is 2. The van der Waals surface area contributed by atoms with Crippen LogP contribution in [-0.2, 0) is 5.41 Å². The molecule has 1 aliphatic rings. The molecule has 9 nitrogen and oxygen atoms in total. The number of hydrogen-bond donors (Lipinski definition) is 3. The van der Waals surface area contributed by atoms with E-state index in [4.69, 9.17) is 5.10 Å². The van der Waals surface area contributed by atoms with Crippen molar-refractivity contribution >= 4 is 34.9 Å². The number of aryl methyl sites for hydroxylation is 1. The number of nitrogens with zero attached hydrogens (tertiary/aromatic N) is 4. The monoisotopic (exact) mass is 557 g/mol. The quantitative estimate of drug-likeness (QED) is 0.242. The number of piperidine rings is 1. The van der Waals surface area contributed by atoms with E-state index in [1.165, 1.54) is 0 Å². The number of carbonyl (C=O) groups is 2. The molecule has 0 spiro atoms. The zero-order valence-corrected chi connectivity index (χ0v) is 24.1. The van der Waals surface area contributed by atoms with Gasteiger partial charge in [0, 0.05) is 22.5 Å². The van der Waals surface area contributed by atoms with Crippen molar-refractivity contribution in [1.82, 2.24) is 24.7 Å². The maximum atomic E-state index is 13.7. The van der Waals surface area contributed by atoms with E-state index in [1.54, 1.807) is 10.1 Å². The predicted molar refractivity (Wildman–Crippen MR) is 159 cm³/mol. The Bertz CT molecular complexity index is 1470. The summed E-state index contributed by atoms with van der Waals surface area (Å²) in [5.41, 5.74) is 4.39. The van der Waals surface area contributed by atoms with Gasteiger partial charge in [-0.3, -0.25) is 10.1 Å². The summed E-state index contributed by atoms with van der Waals surface area (Å²) in [5.74, 6) is 0.178. The number of ketones is 1. The summed E-state index contributed by atoms with van der Waals surface area (Å²) in [6, 6.07) is 17.0. The second-order valence-electron chi connectivity index (χ2n) is 11.3. The fourth-order valence-corrected chi connectivity index (χ4v) is 5.53. The van der Waals surface area contributed by atoms with Crippen LogP contribution in [0.5, 0.6) is 0 Å². The van der Waals surface area contributed by atoms with E-state index in [0.717, 1.165) is 60.0 Å². The molecule has 1 fully saturated rings. The number of nitrogens with one attached hydrogen (secondary N) is 3. The highest BCUT2D eigenvalue weighted by molar-refractivity contribution is 7.03. The standard InChI is InChI=1S/C30H35N7O2S/c1-19-9-11-21(12-10-19)37-26(17-25(35-37)30(2,3)4)33-29(39)32-23-8-6-5-7-22(23)27(20-13-15-31-16-14-20)28(38)24-18-40-36-34-24/h5-12,17-18,20,27,31H,13-16H2,1-4H3,(H2,32,33,39). The molecule has 1 atom stereocenters. The van der Waals surface area contributed by atoms with Crippen molar-refractivity contribution in [3.05, 3.63) is 82.5 Å². The molecule has 5 rings (SSSR count). The van der Waals surface area contributed by atoms with Crippen molar-refractivity contribution in [3.63, 3.8) is 0 Å². The van der Waals surface area contributed by atoms with E-state index in [1.807, 2.05) is 61.5 Å². The van der Waals surface area contributed by atoms with Gasteiger partial charge in [-0.1, -0.05) is 61.2 Å². The number of rotatable bonds is 7. The van der Waals surface area contributed by atoms with Crippen LogP contribution in [0.1, 0.15) is 66.8 Å². The van der Waals surface area contributed by atoms with Crippen molar-refractivity contribution in [2.24, 2.45) is 5.92 Å². The lowest BCUT2D eigenvalue weighted by atomic mass is 9.76. The van der Waals surface area contributed by atoms with Crippen LogP contribution < -0.4 is 16.0 Å². The Balaban J connectivity index is 1.44. The lowest BCUT2D eigenvalue weighted by Crippen LogP contribution is -2.34. The molecule has 3 heterocycles. The van der Waals surface area contributed by atoms with E-state index in [9.17, 15) is 9.59 Å². The lowest BCUT2D eigenvalue weighted by molar-refractivity contribution is 0.0911. The van der Waals surface area contributed by atoms with Crippen LogP contribution in [0.2, 0.25) is 0 Å².